The van der Waals surface area contributed by atoms with Crippen molar-refractivity contribution in [3.05, 3.63) is 34.9 Å². The van der Waals surface area contributed by atoms with E-state index >= 15 is 0 Å². The molecule has 1 atom stereocenters. The van der Waals surface area contributed by atoms with Crippen molar-refractivity contribution < 1.29 is 4.74 Å². The molecule has 0 aliphatic carbocycles. The largest absolute Gasteiger partial charge is 0.372 e. The lowest BCUT2D eigenvalue weighted by Crippen LogP contribution is -2.16. The van der Waals surface area contributed by atoms with Gasteiger partial charge in [-0.1, -0.05) is 70.1 Å². The standard InChI is InChI=1S/C19H31NO/c1-3-4-5-6-7-8-9-10-19(20-2)16-11-12-17-14-21-15-18(17)13-16/h11-13,19-20H,3-10,14-15H2,1-2H3. The second-order valence-corrected chi connectivity index (χ2v) is 6.27. The van der Waals surface area contributed by atoms with Gasteiger partial charge in [0.05, 0.1) is 13.2 Å². The molecule has 0 amide bonds. The van der Waals surface area contributed by atoms with Crippen LogP contribution in [-0.4, -0.2) is 7.05 Å². The smallest absolute Gasteiger partial charge is 0.0725 e. The van der Waals surface area contributed by atoms with E-state index in [1.807, 2.05) is 0 Å². The summed E-state index contributed by atoms with van der Waals surface area (Å²) in [5.74, 6) is 0. The van der Waals surface area contributed by atoms with Crippen molar-refractivity contribution in [1.82, 2.24) is 5.32 Å². The number of ether oxygens (including phenoxy) is 1. The summed E-state index contributed by atoms with van der Waals surface area (Å²) in [7, 11) is 2.08. The average Bonchev–Trinajstić information content (AvgIpc) is 2.97. The fraction of sp³-hybridized carbons (Fsp3) is 0.684. The van der Waals surface area contributed by atoms with Crippen LogP contribution in [0.15, 0.2) is 18.2 Å². The van der Waals surface area contributed by atoms with Gasteiger partial charge in [0.25, 0.3) is 0 Å². The maximum atomic E-state index is 5.51. The zero-order valence-corrected chi connectivity index (χ0v) is 13.8. The fourth-order valence-corrected chi connectivity index (χ4v) is 3.19. The van der Waals surface area contributed by atoms with E-state index in [1.165, 1.54) is 68.1 Å². The minimum absolute atomic E-state index is 0.492. The van der Waals surface area contributed by atoms with Gasteiger partial charge in [-0.15, -0.1) is 0 Å². The fourth-order valence-electron chi connectivity index (χ4n) is 3.19. The molecule has 0 saturated heterocycles. The summed E-state index contributed by atoms with van der Waals surface area (Å²) in [6, 6.07) is 7.35. The number of benzene rings is 1. The summed E-state index contributed by atoms with van der Waals surface area (Å²) in [6.45, 7) is 3.85. The van der Waals surface area contributed by atoms with Gasteiger partial charge in [0.2, 0.25) is 0 Å². The second-order valence-electron chi connectivity index (χ2n) is 6.27. The number of fused-ring (bicyclic) bond motifs is 1. The Morgan fingerprint density at radius 1 is 1.00 bits per heavy atom. The molecule has 1 heterocycles. The molecule has 1 aromatic carbocycles. The lowest BCUT2D eigenvalue weighted by molar-refractivity contribution is 0.134. The molecule has 1 aliphatic rings. The molecule has 2 heteroatoms. The Bertz CT molecular complexity index is 416. The summed E-state index contributed by atoms with van der Waals surface area (Å²) in [5.41, 5.74) is 4.17. The van der Waals surface area contributed by atoms with Crippen LogP contribution in [0.5, 0.6) is 0 Å². The first-order valence-electron chi connectivity index (χ1n) is 8.72. The summed E-state index contributed by atoms with van der Waals surface area (Å²) >= 11 is 0. The van der Waals surface area contributed by atoms with E-state index in [4.69, 9.17) is 4.74 Å². The van der Waals surface area contributed by atoms with Crippen molar-refractivity contribution in [3.8, 4) is 0 Å². The van der Waals surface area contributed by atoms with Crippen molar-refractivity contribution in [2.24, 2.45) is 0 Å². The molecule has 0 fully saturated rings. The average molecular weight is 289 g/mol. The first kappa shape index (κ1) is 16.5. The third kappa shape index (κ3) is 5.12. The Hall–Kier alpha value is -0.860. The van der Waals surface area contributed by atoms with Crippen molar-refractivity contribution in [2.75, 3.05) is 7.05 Å². The quantitative estimate of drug-likeness (QED) is 0.604. The Kier molecular flexibility index (Phi) is 7.25. The number of rotatable bonds is 10. The van der Waals surface area contributed by atoms with Crippen molar-refractivity contribution in [1.29, 1.82) is 0 Å². The third-order valence-corrected chi connectivity index (χ3v) is 4.59. The number of hydrogen-bond acceptors (Lipinski definition) is 2. The van der Waals surface area contributed by atoms with E-state index in [0.29, 0.717) is 6.04 Å². The van der Waals surface area contributed by atoms with E-state index in [0.717, 1.165) is 13.2 Å². The summed E-state index contributed by atoms with van der Waals surface area (Å²) < 4.78 is 5.51. The molecule has 1 aliphatic heterocycles. The molecule has 118 valence electrons. The van der Waals surface area contributed by atoms with E-state index in [9.17, 15) is 0 Å². The molecule has 0 aromatic heterocycles. The van der Waals surface area contributed by atoms with Crippen LogP contribution < -0.4 is 5.32 Å². The molecular formula is C19H31NO. The van der Waals surface area contributed by atoms with Crippen LogP contribution in [0.1, 0.15) is 81.0 Å². The zero-order chi connectivity index (χ0) is 14.9. The highest BCUT2D eigenvalue weighted by Gasteiger charge is 2.15. The van der Waals surface area contributed by atoms with Crippen LogP contribution in [0.4, 0.5) is 0 Å². The molecule has 1 N–H and O–H groups in total. The lowest BCUT2D eigenvalue weighted by atomic mass is 9.96. The van der Waals surface area contributed by atoms with Gasteiger partial charge in [-0.3, -0.25) is 0 Å². The number of nitrogens with one attached hydrogen (secondary N) is 1. The molecule has 21 heavy (non-hydrogen) atoms. The number of unbranched alkanes of at least 4 members (excludes halogenated alkanes) is 6. The van der Waals surface area contributed by atoms with E-state index in [2.05, 4.69) is 37.5 Å². The highest BCUT2D eigenvalue weighted by atomic mass is 16.5. The molecule has 1 aromatic rings. The first-order chi connectivity index (χ1) is 10.3. The van der Waals surface area contributed by atoms with Crippen LogP contribution in [-0.2, 0) is 18.0 Å². The van der Waals surface area contributed by atoms with Gasteiger partial charge >= 0.3 is 0 Å². The van der Waals surface area contributed by atoms with Gasteiger partial charge in [0, 0.05) is 6.04 Å². The second kappa shape index (κ2) is 9.22. The molecule has 2 rings (SSSR count). The maximum Gasteiger partial charge on any atom is 0.0725 e. The van der Waals surface area contributed by atoms with E-state index in [-0.39, 0.29) is 0 Å². The lowest BCUT2D eigenvalue weighted by Gasteiger charge is -2.17. The van der Waals surface area contributed by atoms with E-state index < -0.39 is 0 Å². The maximum absolute atomic E-state index is 5.51. The topological polar surface area (TPSA) is 21.3 Å². The van der Waals surface area contributed by atoms with Crippen molar-refractivity contribution in [2.45, 2.75) is 77.5 Å². The Morgan fingerprint density at radius 3 is 2.48 bits per heavy atom. The van der Waals surface area contributed by atoms with Crippen LogP contribution >= 0.6 is 0 Å². The predicted octanol–water partition coefficient (Wildman–Crippen LogP) is 5.12. The normalized spacial score (nSPS) is 15.1. The van der Waals surface area contributed by atoms with Crippen LogP contribution in [0, 0.1) is 0 Å². The van der Waals surface area contributed by atoms with E-state index in [1.54, 1.807) is 0 Å². The van der Waals surface area contributed by atoms with Gasteiger partial charge in [-0.25, -0.2) is 0 Å². The SMILES string of the molecule is CCCCCCCCCC(NC)c1ccc2c(c1)COC2. The minimum Gasteiger partial charge on any atom is -0.372 e. The van der Waals surface area contributed by atoms with Crippen LogP contribution in [0.3, 0.4) is 0 Å². The van der Waals surface area contributed by atoms with Gasteiger partial charge in [-0.05, 0) is 30.2 Å². The minimum atomic E-state index is 0.492. The molecule has 2 nitrogen and oxygen atoms in total. The summed E-state index contributed by atoms with van der Waals surface area (Å²) in [6.07, 6.45) is 10.9. The number of hydrogen-bond donors (Lipinski definition) is 1. The van der Waals surface area contributed by atoms with Gasteiger partial charge in [0.1, 0.15) is 0 Å². The van der Waals surface area contributed by atoms with Crippen LogP contribution in [0.2, 0.25) is 0 Å². The van der Waals surface area contributed by atoms with Gasteiger partial charge < -0.3 is 10.1 Å². The molecule has 0 bridgehead atoms. The van der Waals surface area contributed by atoms with Crippen molar-refractivity contribution >= 4 is 0 Å². The predicted molar refractivity (Wildman–Crippen MR) is 89.3 cm³/mol. The first-order valence-corrected chi connectivity index (χ1v) is 8.72. The molecule has 0 spiro atoms. The van der Waals surface area contributed by atoms with Crippen LogP contribution in [0.25, 0.3) is 0 Å². The zero-order valence-electron chi connectivity index (χ0n) is 13.8. The summed E-state index contributed by atoms with van der Waals surface area (Å²) in [4.78, 5) is 0. The molecule has 0 saturated carbocycles. The monoisotopic (exact) mass is 289 g/mol. The Labute approximate surface area is 130 Å². The van der Waals surface area contributed by atoms with Gasteiger partial charge in [-0.2, -0.15) is 0 Å². The summed E-state index contributed by atoms with van der Waals surface area (Å²) in [5, 5.41) is 3.48. The Morgan fingerprint density at radius 2 is 1.71 bits per heavy atom. The molecular weight excluding hydrogens is 258 g/mol. The third-order valence-electron chi connectivity index (χ3n) is 4.59. The molecule has 0 radical (unpaired) electrons. The van der Waals surface area contributed by atoms with Crippen molar-refractivity contribution in [3.63, 3.8) is 0 Å². The molecule has 1 unspecified atom stereocenters. The Balaban J connectivity index is 1.73. The van der Waals surface area contributed by atoms with Gasteiger partial charge in [0.15, 0.2) is 0 Å². The highest BCUT2D eigenvalue weighted by molar-refractivity contribution is 5.34. The highest BCUT2D eigenvalue weighted by Crippen LogP contribution is 2.26.